The van der Waals surface area contributed by atoms with Crippen LogP contribution in [0.25, 0.3) is 0 Å². The third-order valence-corrected chi connectivity index (χ3v) is 3.75. The third-order valence-electron chi connectivity index (χ3n) is 3.75. The Hall–Kier alpha value is -1.90. The van der Waals surface area contributed by atoms with E-state index in [1.807, 2.05) is 0 Å². The number of carbonyl (C=O) groups excluding carboxylic acids is 1. The number of anilines is 1. The van der Waals surface area contributed by atoms with Gasteiger partial charge in [0.1, 0.15) is 0 Å². The molecule has 2 aliphatic rings. The molecule has 104 valence electrons. The monoisotopic (exact) mass is 277 g/mol. The Balaban J connectivity index is 1.92. The Kier molecular flexibility index (Phi) is 2.82. The van der Waals surface area contributed by atoms with Gasteiger partial charge in [-0.1, -0.05) is 6.07 Å². The molecule has 7 nitrogen and oxygen atoms in total. The summed E-state index contributed by atoms with van der Waals surface area (Å²) in [5.41, 5.74) is -0.485. The van der Waals surface area contributed by atoms with E-state index in [1.165, 1.54) is 4.90 Å². The van der Waals surface area contributed by atoms with Crippen molar-refractivity contribution in [2.24, 2.45) is 0 Å². The van der Waals surface area contributed by atoms with Crippen molar-refractivity contribution in [3.63, 3.8) is 0 Å². The third kappa shape index (κ3) is 1.73. The predicted octanol–water partition coefficient (Wildman–Crippen LogP) is -1.54. The zero-order valence-electron chi connectivity index (χ0n) is 10.4. The van der Waals surface area contributed by atoms with Crippen molar-refractivity contribution in [2.75, 3.05) is 11.4 Å². The van der Waals surface area contributed by atoms with Crippen LogP contribution in [0.5, 0.6) is 0 Å². The largest absolute Gasteiger partial charge is 0.491 e. The molecule has 1 amide bonds. The van der Waals surface area contributed by atoms with Gasteiger partial charge in [-0.05, 0) is 23.2 Å². The number of hydrogen-bond donors (Lipinski definition) is 3. The van der Waals surface area contributed by atoms with Crippen molar-refractivity contribution in [1.82, 2.24) is 0 Å². The number of carbonyl (C=O) groups is 2. The van der Waals surface area contributed by atoms with E-state index in [0.29, 0.717) is 11.2 Å². The zero-order valence-corrected chi connectivity index (χ0v) is 10.4. The summed E-state index contributed by atoms with van der Waals surface area (Å²) >= 11 is 0. The van der Waals surface area contributed by atoms with Crippen LogP contribution in [0.4, 0.5) is 5.69 Å². The molecule has 3 N–H and O–H groups in total. The van der Waals surface area contributed by atoms with Crippen LogP contribution < -0.4 is 10.4 Å². The van der Waals surface area contributed by atoms with Gasteiger partial charge >= 0.3 is 13.1 Å². The molecule has 8 heteroatoms. The molecular formula is C12H12BNO6. The minimum atomic E-state index is -2.35. The Morgan fingerprint density at radius 3 is 2.85 bits per heavy atom. The molecule has 1 aromatic carbocycles. The lowest BCUT2D eigenvalue weighted by molar-refractivity contribution is -0.162. The summed E-state index contributed by atoms with van der Waals surface area (Å²) in [4.78, 5) is 24.3. The first kappa shape index (κ1) is 13.1. The van der Waals surface area contributed by atoms with Crippen molar-refractivity contribution in [3.05, 3.63) is 23.8 Å². The van der Waals surface area contributed by atoms with Gasteiger partial charge in [0, 0.05) is 18.7 Å². The van der Waals surface area contributed by atoms with Gasteiger partial charge in [-0.15, -0.1) is 0 Å². The fraction of sp³-hybridized carbons (Fsp3) is 0.333. The molecule has 2 aliphatic heterocycles. The Labute approximate surface area is 114 Å². The summed E-state index contributed by atoms with van der Waals surface area (Å²) in [6, 6.07) is 4.90. The highest BCUT2D eigenvalue weighted by Crippen LogP contribution is 2.29. The topological polar surface area (TPSA) is 107 Å². The molecule has 2 heterocycles. The minimum Gasteiger partial charge on any atom is -0.479 e. The van der Waals surface area contributed by atoms with Crippen LogP contribution in [-0.4, -0.2) is 46.4 Å². The lowest BCUT2D eigenvalue weighted by atomic mass is 9.79. The number of carboxylic acids is 1. The minimum absolute atomic E-state index is 0.129. The molecule has 1 aromatic rings. The quantitative estimate of drug-likeness (QED) is 0.446. The number of benzene rings is 1. The molecule has 0 radical (unpaired) electrons. The molecule has 1 saturated heterocycles. The summed E-state index contributed by atoms with van der Waals surface area (Å²) in [5, 5.41) is 28.3. The Morgan fingerprint density at radius 1 is 1.45 bits per heavy atom. The second kappa shape index (κ2) is 4.30. The number of nitrogens with zero attached hydrogens (tertiary/aromatic N) is 1. The summed E-state index contributed by atoms with van der Waals surface area (Å²) < 4.78 is 5.06. The SMILES string of the molecule is O=C(O)[C@@]1(O)CCN(c2ccc3c(c2)COB3O)C1=O. The molecular weight excluding hydrogens is 265 g/mol. The van der Waals surface area contributed by atoms with Crippen LogP contribution in [0.2, 0.25) is 0 Å². The average molecular weight is 277 g/mol. The lowest BCUT2D eigenvalue weighted by Crippen LogP contribution is -2.46. The number of rotatable bonds is 2. The number of amides is 1. The van der Waals surface area contributed by atoms with E-state index < -0.39 is 24.6 Å². The second-order valence-corrected chi connectivity index (χ2v) is 4.92. The highest BCUT2D eigenvalue weighted by molar-refractivity contribution is 6.61. The molecule has 0 unspecified atom stereocenters. The summed E-state index contributed by atoms with van der Waals surface area (Å²) in [7, 11) is -0.968. The first-order valence-electron chi connectivity index (χ1n) is 6.14. The number of carboxylic acid groups (broad SMARTS) is 1. The first-order valence-corrected chi connectivity index (χ1v) is 6.14. The smallest absolute Gasteiger partial charge is 0.479 e. The lowest BCUT2D eigenvalue weighted by Gasteiger charge is -2.19. The van der Waals surface area contributed by atoms with Crippen LogP contribution in [0.1, 0.15) is 12.0 Å². The summed E-state index contributed by atoms with van der Waals surface area (Å²) in [6.45, 7) is 0.361. The van der Waals surface area contributed by atoms with Crippen molar-refractivity contribution in [2.45, 2.75) is 18.6 Å². The Morgan fingerprint density at radius 2 is 2.20 bits per heavy atom. The van der Waals surface area contributed by atoms with Crippen LogP contribution in [0.3, 0.4) is 0 Å². The molecule has 1 fully saturated rings. The highest BCUT2D eigenvalue weighted by Gasteiger charge is 2.52. The molecule has 3 rings (SSSR count). The van der Waals surface area contributed by atoms with Crippen molar-refractivity contribution < 1.29 is 29.5 Å². The Bertz CT molecular complexity index is 606. The molecule has 0 aliphatic carbocycles. The van der Waals surface area contributed by atoms with Gasteiger partial charge in [-0.3, -0.25) is 4.79 Å². The zero-order chi connectivity index (χ0) is 14.5. The van der Waals surface area contributed by atoms with E-state index in [4.69, 9.17) is 9.76 Å². The van der Waals surface area contributed by atoms with Gasteiger partial charge in [0.2, 0.25) is 5.60 Å². The van der Waals surface area contributed by atoms with Crippen LogP contribution >= 0.6 is 0 Å². The van der Waals surface area contributed by atoms with Crippen LogP contribution in [0.15, 0.2) is 18.2 Å². The maximum atomic E-state index is 12.0. The van der Waals surface area contributed by atoms with Gasteiger partial charge in [0.15, 0.2) is 0 Å². The number of fused-ring (bicyclic) bond motifs is 1. The first-order chi connectivity index (χ1) is 9.43. The standard InChI is InChI=1S/C12H12BNO6/c15-10-12(18,11(16)17)3-4-14(10)8-1-2-9-7(5-8)6-20-13(9)19/h1-2,5,18-19H,3-4,6H2,(H,16,17)/t12-/m1/s1. The summed E-state index contributed by atoms with van der Waals surface area (Å²) in [5.74, 6) is -2.38. The highest BCUT2D eigenvalue weighted by atomic mass is 16.5. The van der Waals surface area contributed by atoms with Crippen LogP contribution in [0, 0.1) is 0 Å². The van der Waals surface area contributed by atoms with E-state index in [-0.39, 0.29) is 19.6 Å². The van der Waals surface area contributed by atoms with Gasteiger partial charge in [0.05, 0.1) is 6.61 Å². The van der Waals surface area contributed by atoms with Gasteiger partial charge < -0.3 is 24.8 Å². The normalized spacial score (nSPS) is 25.2. The van der Waals surface area contributed by atoms with E-state index in [1.54, 1.807) is 18.2 Å². The van der Waals surface area contributed by atoms with Crippen LogP contribution in [-0.2, 0) is 20.9 Å². The molecule has 0 bridgehead atoms. The second-order valence-electron chi connectivity index (χ2n) is 4.92. The van der Waals surface area contributed by atoms with Crippen molar-refractivity contribution in [1.29, 1.82) is 0 Å². The maximum absolute atomic E-state index is 12.0. The fourth-order valence-electron chi connectivity index (χ4n) is 2.53. The number of aliphatic hydroxyl groups is 1. The van der Waals surface area contributed by atoms with E-state index >= 15 is 0 Å². The van der Waals surface area contributed by atoms with E-state index in [0.717, 1.165) is 5.56 Å². The average Bonchev–Trinajstić information content (AvgIpc) is 2.93. The fourth-order valence-corrected chi connectivity index (χ4v) is 2.53. The molecule has 0 saturated carbocycles. The van der Waals surface area contributed by atoms with E-state index in [9.17, 15) is 19.7 Å². The molecule has 20 heavy (non-hydrogen) atoms. The predicted molar refractivity (Wildman–Crippen MR) is 68.4 cm³/mol. The van der Waals surface area contributed by atoms with Crippen molar-refractivity contribution >= 4 is 30.1 Å². The van der Waals surface area contributed by atoms with Gasteiger partial charge in [-0.2, -0.15) is 0 Å². The van der Waals surface area contributed by atoms with Gasteiger partial charge in [-0.25, -0.2) is 4.79 Å². The van der Waals surface area contributed by atoms with Crippen molar-refractivity contribution in [3.8, 4) is 0 Å². The number of hydrogen-bond acceptors (Lipinski definition) is 5. The molecule has 0 aromatic heterocycles. The van der Waals surface area contributed by atoms with E-state index in [2.05, 4.69) is 0 Å². The molecule has 1 atom stereocenters. The summed E-state index contributed by atoms with van der Waals surface area (Å²) in [6.07, 6.45) is -0.155. The number of aliphatic carboxylic acids is 1. The van der Waals surface area contributed by atoms with Gasteiger partial charge in [0.25, 0.3) is 5.91 Å². The molecule has 0 spiro atoms. The maximum Gasteiger partial charge on any atom is 0.491 e.